The summed E-state index contributed by atoms with van der Waals surface area (Å²) in [5.74, 6) is -2.70. The van der Waals surface area contributed by atoms with Crippen LogP contribution in [0.2, 0.25) is 0 Å². The summed E-state index contributed by atoms with van der Waals surface area (Å²) in [7, 11) is 0. The van der Waals surface area contributed by atoms with Crippen molar-refractivity contribution in [3.05, 3.63) is 0 Å². The Morgan fingerprint density at radius 3 is 1.92 bits per heavy atom. The van der Waals surface area contributed by atoms with Gasteiger partial charge in [-0.15, -0.1) is 0 Å². The lowest BCUT2D eigenvalue weighted by Crippen LogP contribution is -2.49. The molecule has 218 valence electrons. The van der Waals surface area contributed by atoms with Crippen LogP contribution in [-0.4, -0.2) is 46.7 Å². The monoisotopic (exact) mass is 542 g/mol. The van der Waals surface area contributed by atoms with E-state index < -0.39 is 35.0 Å². The fraction of sp³-hybridized carbons (Fsp3) is 0.844. The normalized spacial score (nSPS) is 27.5. The van der Waals surface area contributed by atoms with Gasteiger partial charge in [0.1, 0.15) is 5.78 Å². The number of rotatable bonds is 11. The van der Waals surface area contributed by atoms with Crippen LogP contribution in [0.1, 0.15) is 119 Å². The molecule has 1 heterocycles. The van der Waals surface area contributed by atoms with E-state index in [9.17, 15) is 24.0 Å². The zero-order valence-corrected chi connectivity index (χ0v) is 25.1. The Bertz CT molecular complexity index is 1030. The third-order valence-electron chi connectivity index (χ3n) is 10.6. The minimum Gasteiger partial charge on any atom is -0.363 e. The number of Topliss-reactive ketones (excluding diaryl/α,β-unsaturated/α-hetero) is 3. The molecule has 4 aliphatic rings. The second-order valence-corrected chi connectivity index (χ2v) is 15.8. The van der Waals surface area contributed by atoms with Crippen LogP contribution < -0.4 is 5.73 Å². The lowest BCUT2D eigenvalue weighted by Gasteiger charge is -2.48. The van der Waals surface area contributed by atoms with E-state index in [2.05, 4.69) is 0 Å². The van der Waals surface area contributed by atoms with Gasteiger partial charge in [-0.1, -0.05) is 60.8 Å². The fourth-order valence-electron chi connectivity index (χ4n) is 7.68. The minimum absolute atomic E-state index is 0.0427. The number of hydrogen-bond acceptors (Lipinski definition) is 5. The summed E-state index contributed by atoms with van der Waals surface area (Å²) >= 11 is 0. The summed E-state index contributed by atoms with van der Waals surface area (Å²) in [6.45, 7) is 12.6. The van der Waals surface area contributed by atoms with Crippen molar-refractivity contribution in [2.24, 2.45) is 45.1 Å². The standard InChI is InChI=1S/C32H50N2O5/c1-29(2,3)17-22(35)16-23(30(4,5)6)28(39)34-19-32(13-12-31(32)10-11-31)18-24(34)25(36)15-21(26(37)27(33)38)14-20-8-7-9-20/h20-21,23-24H,7-19H2,1-6H3,(H2,33,38)/t21?,23-,24+,32?/m1/s1. The lowest BCUT2D eigenvalue weighted by molar-refractivity contribution is -0.147. The van der Waals surface area contributed by atoms with E-state index in [1.165, 1.54) is 0 Å². The summed E-state index contributed by atoms with van der Waals surface area (Å²) in [5, 5.41) is 0. The molecule has 4 atom stereocenters. The third-order valence-corrected chi connectivity index (χ3v) is 10.6. The van der Waals surface area contributed by atoms with Crippen molar-refractivity contribution in [2.75, 3.05) is 6.54 Å². The van der Waals surface area contributed by atoms with Gasteiger partial charge in [-0.05, 0) is 66.1 Å². The number of primary amides is 1. The van der Waals surface area contributed by atoms with E-state index in [1.807, 2.05) is 41.5 Å². The van der Waals surface area contributed by atoms with Gasteiger partial charge in [-0.3, -0.25) is 24.0 Å². The molecule has 0 aromatic rings. The van der Waals surface area contributed by atoms with Gasteiger partial charge in [0, 0.05) is 37.6 Å². The van der Waals surface area contributed by atoms with Crippen LogP contribution in [0.15, 0.2) is 0 Å². The van der Waals surface area contributed by atoms with E-state index in [0.717, 1.165) is 44.9 Å². The SMILES string of the molecule is CC(C)(C)CC(=O)C[C@H](C(=O)N1CC2(CCC23CC3)C[C@H]1C(=O)CC(CC1CCC1)C(=O)C(N)=O)C(C)(C)C. The fourth-order valence-corrected chi connectivity index (χ4v) is 7.68. The molecule has 0 radical (unpaired) electrons. The van der Waals surface area contributed by atoms with E-state index in [0.29, 0.717) is 31.7 Å². The number of ketones is 3. The first-order valence-corrected chi connectivity index (χ1v) is 15.2. The molecule has 4 rings (SSSR count). The molecule has 3 aliphatic carbocycles. The minimum atomic E-state index is -0.982. The van der Waals surface area contributed by atoms with Crippen molar-refractivity contribution >= 4 is 29.2 Å². The maximum atomic E-state index is 14.3. The van der Waals surface area contributed by atoms with Crippen molar-refractivity contribution in [2.45, 2.75) is 125 Å². The van der Waals surface area contributed by atoms with Crippen LogP contribution >= 0.6 is 0 Å². The van der Waals surface area contributed by atoms with Crippen molar-refractivity contribution in [1.29, 1.82) is 0 Å². The molecule has 3 saturated carbocycles. The highest BCUT2D eigenvalue weighted by Crippen LogP contribution is 2.75. The molecule has 2 unspecified atom stereocenters. The van der Waals surface area contributed by atoms with Gasteiger partial charge in [0.2, 0.25) is 11.7 Å². The number of carbonyl (C=O) groups excluding carboxylic acids is 5. The van der Waals surface area contributed by atoms with Gasteiger partial charge in [0.15, 0.2) is 5.78 Å². The van der Waals surface area contributed by atoms with Gasteiger partial charge in [0.25, 0.3) is 5.91 Å². The molecular weight excluding hydrogens is 492 g/mol. The van der Waals surface area contributed by atoms with Crippen molar-refractivity contribution in [3.8, 4) is 0 Å². The summed E-state index contributed by atoms with van der Waals surface area (Å²) in [4.78, 5) is 67.7. The molecule has 1 aliphatic heterocycles. The maximum absolute atomic E-state index is 14.3. The average molecular weight is 543 g/mol. The van der Waals surface area contributed by atoms with Crippen LogP contribution in [0.25, 0.3) is 0 Å². The first-order valence-electron chi connectivity index (χ1n) is 15.2. The number of amides is 2. The number of nitrogens with zero attached hydrogens (tertiary/aromatic N) is 1. The Labute approximate surface area is 234 Å². The molecule has 7 nitrogen and oxygen atoms in total. The number of nitrogens with two attached hydrogens (primary N) is 1. The highest BCUT2D eigenvalue weighted by Gasteiger charge is 2.69. The molecule has 4 fully saturated rings. The summed E-state index contributed by atoms with van der Waals surface area (Å²) < 4.78 is 0. The van der Waals surface area contributed by atoms with Gasteiger partial charge in [0.05, 0.1) is 6.04 Å². The highest BCUT2D eigenvalue weighted by molar-refractivity contribution is 6.36. The largest absolute Gasteiger partial charge is 0.363 e. The lowest BCUT2D eigenvalue weighted by atomic mass is 9.56. The third kappa shape index (κ3) is 6.17. The molecule has 0 bridgehead atoms. The smallest absolute Gasteiger partial charge is 0.285 e. The van der Waals surface area contributed by atoms with Crippen LogP contribution in [0, 0.1) is 39.4 Å². The van der Waals surface area contributed by atoms with Gasteiger partial charge < -0.3 is 10.6 Å². The molecule has 0 aromatic carbocycles. The van der Waals surface area contributed by atoms with Crippen molar-refractivity contribution < 1.29 is 24.0 Å². The van der Waals surface area contributed by atoms with Crippen LogP contribution in [0.4, 0.5) is 0 Å². The Morgan fingerprint density at radius 1 is 0.897 bits per heavy atom. The van der Waals surface area contributed by atoms with E-state index >= 15 is 0 Å². The predicted octanol–water partition coefficient (Wildman–Crippen LogP) is 5.03. The predicted molar refractivity (Wildman–Crippen MR) is 149 cm³/mol. The second kappa shape index (κ2) is 10.4. The molecule has 7 heteroatoms. The quantitative estimate of drug-likeness (QED) is 0.368. The van der Waals surface area contributed by atoms with E-state index in [1.54, 1.807) is 4.90 Å². The van der Waals surface area contributed by atoms with Crippen LogP contribution in [-0.2, 0) is 24.0 Å². The Balaban J connectivity index is 1.58. The molecule has 2 N–H and O–H groups in total. The topological polar surface area (TPSA) is 115 Å². The summed E-state index contributed by atoms with van der Waals surface area (Å²) in [6, 6.07) is -0.609. The van der Waals surface area contributed by atoms with Crippen LogP contribution in [0.3, 0.4) is 0 Å². The summed E-state index contributed by atoms with van der Waals surface area (Å²) in [5.41, 5.74) is 4.97. The van der Waals surface area contributed by atoms with E-state index in [4.69, 9.17) is 5.73 Å². The Kier molecular flexibility index (Phi) is 7.99. The number of hydrogen-bond donors (Lipinski definition) is 1. The maximum Gasteiger partial charge on any atom is 0.285 e. The first-order chi connectivity index (χ1) is 18.0. The van der Waals surface area contributed by atoms with Gasteiger partial charge in [-0.2, -0.15) is 0 Å². The number of fused-ring (bicyclic) bond motifs is 1. The zero-order chi connectivity index (χ0) is 29.0. The first kappa shape index (κ1) is 29.9. The Hall–Kier alpha value is -2.05. The molecule has 2 spiro atoms. The van der Waals surface area contributed by atoms with Crippen LogP contribution in [0.5, 0.6) is 0 Å². The number of carbonyl (C=O) groups is 5. The average Bonchev–Trinajstić information content (AvgIpc) is 3.50. The zero-order valence-electron chi connectivity index (χ0n) is 25.1. The molecule has 2 amide bonds. The Morgan fingerprint density at radius 2 is 1.49 bits per heavy atom. The molecule has 0 aromatic heterocycles. The number of likely N-dealkylation sites (tertiary alicyclic amines) is 1. The molecular formula is C32H50N2O5. The highest BCUT2D eigenvalue weighted by atomic mass is 16.2. The van der Waals surface area contributed by atoms with Crippen molar-refractivity contribution in [1.82, 2.24) is 4.90 Å². The van der Waals surface area contributed by atoms with Gasteiger partial charge in [-0.25, -0.2) is 0 Å². The second-order valence-electron chi connectivity index (χ2n) is 15.8. The molecule has 39 heavy (non-hydrogen) atoms. The molecule has 1 saturated heterocycles. The van der Waals surface area contributed by atoms with Gasteiger partial charge >= 0.3 is 0 Å². The van der Waals surface area contributed by atoms with Crippen molar-refractivity contribution in [3.63, 3.8) is 0 Å². The summed E-state index contributed by atoms with van der Waals surface area (Å²) in [6.07, 6.45) is 9.23. The van der Waals surface area contributed by atoms with E-state index in [-0.39, 0.29) is 46.6 Å².